The molecule has 0 spiro atoms. The number of hydrogen-bond donors (Lipinski definition) is 1. The highest BCUT2D eigenvalue weighted by molar-refractivity contribution is 8.00. The van der Waals surface area contributed by atoms with Gasteiger partial charge in [0, 0.05) is 17.0 Å². The van der Waals surface area contributed by atoms with Crippen molar-refractivity contribution in [2.24, 2.45) is 5.73 Å². The molecule has 2 aromatic carbocycles. The minimum atomic E-state index is -3.84. The fraction of sp³-hybridized carbons (Fsp3) is 0.0625. The van der Waals surface area contributed by atoms with Crippen molar-refractivity contribution < 1.29 is 13.6 Å². The molecule has 3 rings (SSSR count). The summed E-state index contributed by atoms with van der Waals surface area (Å²) in [5.74, 6) is -1.77. The molecule has 1 heterocycles. The number of alkyl halides is 2. The molecule has 1 aromatic heterocycles. The Labute approximate surface area is 146 Å². The van der Waals surface area contributed by atoms with E-state index < -0.39 is 11.2 Å². The summed E-state index contributed by atoms with van der Waals surface area (Å²) in [6, 6.07) is 12.2. The number of benzene rings is 2. The highest BCUT2D eigenvalue weighted by Gasteiger charge is 2.40. The van der Waals surface area contributed by atoms with Crippen LogP contribution in [0.25, 0.3) is 16.5 Å². The van der Waals surface area contributed by atoms with Crippen molar-refractivity contribution >= 4 is 41.9 Å². The van der Waals surface area contributed by atoms with Crippen LogP contribution in [0.4, 0.5) is 8.78 Å². The van der Waals surface area contributed by atoms with E-state index in [1.807, 2.05) is 0 Å². The molecule has 0 aliphatic heterocycles. The minimum absolute atomic E-state index is 0.0862. The SMILES string of the molecule is [B]c1cnc(SC(F)(F)C(N)=O)n1-c1ccc(C#N)c2ccccc12. The van der Waals surface area contributed by atoms with Gasteiger partial charge in [0.05, 0.1) is 17.3 Å². The number of nitrogens with two attached hydrogens (primary N) is 1. The Morgan fingerprint density at radius 2 is 1.96 bits per heavy atom. The van der Waals surface area contributed by atoms with Gasteiger partial charge in [-0.2, -0.15) is 14.0 Å². The van der Waals surface area contributed by atoms with E-state index in [0.29, 0.717) is 22.0 Å². The first-order valence-corrected chi connectivity index (χ1v) is 7.79. The molecular weight excluding hydrogens is 345 g/mol. The maximum absolute atomic E-state index is 13.7. The Balaban J connectivity index is 2.22. The lowest BCUT2D eigenvalue weighted by Gasteiger charge is -2.16. The predicted molar refractivity (Wildman–Crippen MR) is 91.2 cm³/mol. The van der Waals surface area contributed by atoms with Crippen LogP contribution in [0.3, 0.4) is 0 Å². The van der Waals surface area contributed by atoms with Crippen LogP contribution in [0, 0.1) is 11.3 Å². The molecule has 122 valence electrons. The highest BCUT2D eigenvalue weighted by Crippen LogP contribution is 2.36. The Morgan fingerprint density at radius 3 is 2.60 bits per heavy atom. The van der Waals surface area contributed by atoms with Crippen LogP contribution in [0.1, 0.15) is 5.56 Å². The first kappa shape index (κ1) is 17.0. The zero-order valence-electron chi connectivity index (χ0n) is 12.6. The first-order chi connectivity index (χ1) is 11.8. The lowest BCUT2D eigenvalue weighted by molar-refractivity contribution is -0.131. The van der Waals surface area contributed by atoms with Crippen molar-refractivity contribution in [2.45, 2.75) is 10.4 Å². The summed E-state index contributed by atoms with van der Waals surface area (Å²) in [7, 11) is 5.89. The van der Waals surface area contributed by atoms with Gasteiger partial charge in [0.25, 0.3) is 5.91 Å². The fourth-order valence-electron chi connectivity index (χ4n) is 2.40. The third kappa shape index (κ3) is 2.96. The summed E-state index contributed by atoms with van der Waals surface area (Å²) in [4.78, 5) is 14.8. The van der Waals surface area contributed by atoms with Crippen LogP contribution >= 0.6 is 11.8 Å². The Morgan fingerprint density at radius 1 is 1.28 bits per heavy atom. The number of fused-ring (bicyclic) bond motifs is 1. The van der Waals surface area contributed by atoms with Gasteiger partial charge in [-0.1, -0.05) is 24.3 Å². The number of carbonyl (C=O) groups excluding carboxylic acids is 1. The van der Waals surface area contributed by atoms with Crippen molar-refractivity contribution in [3.8, 4) is 11.8 Å². The van der Waals surface area contributed by atoms with E-state index in [1.165, 1.54) is 10.8 Å². The summed E-state index contributed by atoms with van der Waals surface area (Å²) in [5, 5.41) is 6.49. The second kappa shape index (κ2) is 6.22. The van der Waals surface area contributed by atoms with E-state index in [0.717, 1.165) is 0 Å². The van der Waals surface area contributed by atoms with Gasteiger partial charge in [-0.05, 0) is 29.5 Å². The zero-order valence-corrected chi connectivity index (χ0v) is 13.4. The number of carbonyl (C=O) groups is 1. The number of rotatable bonds is 4. The number of hydrogen-bond acceptors (Lipinski definition) is 4. The van der Waals surface area contributed by atoms with E-state index in [-0.39, 0.29) is 22.5 Å². The second-order valence-electron chi connectivity index (χ2n) is 5.07. The van der Waals surface area contributed by atoms with Crippen molar-refractivity contribution in [3.63, 3.8) is 0 Å². The largest absolute Gasteiger partial charge is 0.377 e. The number of thioether (sulfide) groups is 1. The molecule has 2 N–H and O–H groups in total. The van der Waals surface area contributed by atoms with Gasteiger partial charge in [0.2, 0.25) is 0 Å². The average molecular weight is 354 g/mol. The van der Waals surface area contributed by atoms with E-state index in [9.17, 15) is 18.8 Å². The van der Waals surface area contributed by atoms with Gasteiger partial charge < -0.3 is 10.3 Å². The van der Waals surface area contributed by atoms with Crippen LogP contribution in [-0.2, 0) is 4.79 Å². The number of aromatic nitrogens is 2. The molecule has 0 aliphatic carbocycles. The molecule has 0 fully saturated rings. The number of halogens is 2. The third-order valence-corrected chi connectivity index (χ3v) is 4.45. The molecular formula is C16H9BF2N4OS. The summed E-state index contributed by atoms with van der Waals surface area (Å²) in [6.45, 7) is 0. The number of nitriles is 1. The monoisotopic (exact) mass is 354 g/mol. The van der Waals surface area contributed by atoms with Gasteiger partial charge in [-0.3, -0.25) is 4.79 Å². The number of nitrogens with zero attached hydrogens (tertiary/aromatic N) is 3. The molecule has 0 unspecified atom stereocenters. The van der Waals surface area contributed by atoms with Crippen LogP contribution < -0.4 is 11.3 Å². The lowest BCUT2D eigenvalue weighted by Crippen LogP contribution is -2.32. The van der Waals surface area contributed by atoms with E-state index in [4.69, 9.17) is 13.6 Å². The standard InChI is InChI=1S/C16H9BF2N4OS/c17-13-8-22-15(25-16(18,19)14(21)24)23(13)12-6-5-9(7-20)10-3-1-2-4-11(10)12/h1-6,8H,(H2,21,24). The van der Waals surface area contributed by atoms with Crippen LogP contribution in [0.2, 0.25) is 0 Å². The molecule has 0 saturated carbocycles. The molecule has 5 nitrogen and oxygen atoms in total. The summed E-state index contributed by atoms with van der Waals surface area (Å²) < 4.78 is 28.7. The van der Waals surface area contributed by atoms with E-state index in [1.54, 1.807) is 36.4 Å². The predicted octanol–water partition coefficient (Wildman–Crippen LogP) is 1.86. The maximum atomic E-state index is 13.7. The number of imidazole rings is 1. The van der Waals surface area contributed by atoms with Gasteiger partial charge in [-0.15, -0.1) is 0 Å². The topological polar surface area (TPSA) is 84.7 Å². The minimum Gasteiger partial charge on any atom is -0.364 e. The van der Waals surface area contributed by atoms with Crippen molar-refractivity contribution in [2.75, 3.05) is 0 Å². The Bertz CT molecular complexity index is 1030. The van der Waals surface area contributed by atoms with E-state index >= 15 is 0 Å². The molecule has 0 atom stereocenters. The number of amides is 1. The Hall–Kier alpha value is -2.86. The molecule has 0 aliphatic rings. The summed E-state index contributed by atoms with van der Waals surface area (Å²) in [6.07, 6.45) is 1.21. The number of primary amides is 1. The smallest absolute Gasteiger partial charge is 0.364 e. The van der Waals surface area contributed by atoms with Gasteiger partial charge in [0.1, 0.15) is 7.85 Å². The normalized spacial score (nSPS) is 11.4. The van der Waals surface area contributed by atoms with Crippen molar-refractivity contribution in [1.29, 1.82) is 5.26 Å². The molecule has 9 heteroatoms. The summed E-state index contributed by atoms with van der Waals surface area (Å²) in [5.41, 5.74) is 5.74. The van der Waals surface area contributed by atoms with Crippen LogP contribution in [-0.4, -0.2) is 28.6 Å². The van der Waals surface area contributed by atoms with Crippen molar-refractivity contribution in [1.82, 2.24) is 9.55 Å². The second-order valence-corrected chi connectivity index (χ2v) is 6.16. The summed E-state index contributed by atoms with van der Waals surface area (Å²) >= 11 is -0.0862. The van der Waals surface area contributed by atoms with Gasteiger partial charge in [-0.25, -0.2) is 4.98 Å². The first-order valence-electron chi connectivity index (χ1n) is 6.97. The molecule has 2 radical (unpaired) electrons. The van der Waals surface area contributed by atoms with Gasteiger partial charge in [0.15, 0.2) is 5.16 Å². The third-order valence-electron chi connectivity index (χ3n) is 3.53. The van der Waals surface area contributed by atoms with Gasteiger partial charge >= 0.3 is 5.25 Å². The molecule has 25 heavy (non-hydrogen) atoms. The zero-order chi connectivity index (χ0) is 18.2. The van der Waals surface area contributed by atoms with E-state index in [2.05, 4.69) is 11.1 Å². The molecule has 0 saturated heterocycles. The molecule has 1 amide bonds. The highest BCUT2D eigenvalue weighted by atomic mass is 32.2. The van der Waals surface area contributed by atoms with Crippen molar-refractivity contribution in [3.05, 3.63) is 48.2 Å². The van der Waals surface area contributed by atoms with Crippen LogP contribution in [0.15, 0.2) is 47.8 Å². The fourth-order valence-corrected chi connectivity index (χ4v) is 3.13. The maximum Gasteiger partial charge on any atom is 0.377 e. The van der Waals surface area contributed by atoms with Crippen LogP contribution in [0.5, 0.6) is 0 Å². The molecule has 0 bridgehead atoms. The lowest BCUT2D eigenvalue weighted by atomic mass is 10.0. The Kier molecular flexibility index (Phi) is 4.23. The average Bonchev–Trinajstić information content (AvgIpc) is 2.93. The quantitative estimate of drug-likeness (QED) is 0.573. The molecule has 3 aromatic rings.